The molecule has 3 heterocycles. The van der Waals surface area contributed by atoms with E-state index in [0.29, 0.717) is 11.2 Å². The van der Waals surface area contributed by atoms with Crippen LogP contribution in [-0.2, 0) is 6.54 Å². The van der Waals surface area contributed by atoms with Gasteiger partial charge in [-0.3, -0.25) is 4.90 Å². The van der Waals surface area contributed by atoms with Gasteiger partial charge in [0.25, 0.3) is 0 Å². The van der Waals surface area contributed by atoms with Crippen LogP contribution in [0.5, 0.6) is 0 Å². The van der Waals surface area contributed by atoms with Crippen molar-refractivity contribution in [2.75, 3.05) is 33.2 Å². The fraction of sp³-hybridized carbons (Fsp3) is 0.280. The zero-order valence-electron chi connectivity index (χ0n) is 17.9. The summed E-state index contributed by atoms with van der Waals surface area (Å²) in [5, 5.41) is 0. The number of fused-ring (bicyclic) bond motifs is 1. The molecule has 5 rings (SSSR count). The number of hydrogen-bond donors (Lipinski definition) is 1. The summed E-state index contributed by atoms with van der Waals surface area (Å²) in [6, 6.07) is 15.7. The maximum Gasteiger partial charge on any atom is 0.178 e. The van der Waals surface area contributed by atoms with Crippen molar-refractivity contribution in [1.82, 2.24) is 24.8 Å². The standard InChI is InChI=1S/C25H26FN5/c1-17-3-6-20(15-22(17)26)21-9-10-27-25-23(21)28-24(29-25)19-7-4-18(5-8-19)16-31-13-11-30(2)12-14-31/h3-10,15H,11-14,16H2,1-2H3,(H,27,28,29). The van der Waals surface area contributed by atoms with Gasteiger partial charge in [-0.2, -0.15) is 0 Å². The first-order valence-corrected chi connectivity index (χ1v) is 10.7. The Hall–Kier alpha value is -3.09. The molecule has 1 aliphatic rings. The summed E-state index contributed by atoms with van der Waals surface area (Å²) in [6.45, 7) is 7.20. The van der Waals surface area contributed by atoms with Gasteiger partial charge in [0.15, 0.2) is 5.65 Å². The van der Waals surface area contributed by atoms with Crippen LogP contribution in [0.3, 0.4) is 0 Å². The van der Waals surface area contributed by atoms with E-state index >= 15 is 0 Å². The number of aromatic amines is 1. The number of hydrogen-bond acceptors (Lipinski definition) is 4. The van der Waals surface area contributed by atoms with Crippen molar-refractivity contribution in [3.05, 3.63) is 71.7 Å². The smallest absolute Gasteiger partial charge is 0.178 e. The molecule has 2 aromatic carbocycles. The Morgan fingerprint density at radius 2 is 1.71 bits per heavy atom. The molecule has 0 bridgehead atoms. The second kappa shape index (κ2) is 8.21. The van der Waals surface area contributed by atoms with Gasteiger partial charge < -0.3 is 9.88 Å². The minimum absolute atomic E-state index is 0.210. The van der Waals surface area contributed by atoms with Gasteiger partial charge in [0, 0.05) is 50.0 Å². The zero-order valence-corrected chi connectivity index (χ0v) is 17.9. The van der Waals surface area contributed by atoms with Gasteiger partial charge in [0.1, 0.15) is 11.6 Å². The van der Waals surface area contributed by atoms with E-state index in [0.717, 1.165) is 60.8 Å². The number of pyridine rings is 1. The summed E-state index contributed by atoms with van der Waals surface area (Å²) >= 11 is 0. The predicted molar refractivity (Wildman–Crippen MR) is 122 cm³/mol. The highest BCUT2D eigenvalue weighted by Gasteiger charge is 2.15. The minimum atomic E-state index is -0.210. The molecule has 1 N–H and O–H groups in total. The Morgan fingerprint density at radius 3 is 2.45 bits per heavy atom. The molecular formula is C25H26FN5. The lowest BCUT2D eigenvalue weighted by atomic mass is 10.0. The van der Waals surface area contributed by atoms with Gasteiger partial charge in [0.2, 0.25) is 0 Å². The van der Waals surface area contributed by atoms with Crippen molar-refractivity contribution < 1.29 is 4.39 Å². The van der Waals surface area contributed by atoms with E-state index in [1.807, 2.05) is 12.1 Å². The molecule has 0 amide bonds. The molecule has 158 valence electrons. The van der Waals surface area contributed by atoms with Crippen molar-refractivity contribution >= 4 is 11.2 Å². The third-order valence-corrected chi connectivity index (χ3v) is 6.10. The Balaban J connectivity index is 1.41. The molecule has 1 saturated heterocycles. The maximum absolute atomic E-state index is 14.1. The molecule has 5 nitrogen and oxygen atoms in total. The van der Waals surface area contributed by atoms with Crippen molar-refractivity contribution in [2.24, 2.45) is 0 Å². The van der Waals surface area contributed by atoms with Crippen molar-refractivity contribution in [1.29, 1.82) is 0 Å². The van der Waals surface area contributed by atoms with Crippen molar-refractivity contribution in [3.8, 4) is 22.5 Å². The van der Waals surface area contributed by atoms with Crippen LogP contribution in [0.15, 0.2) is 54.7 Å². The van der Waals surface area contributed by atoms with Crippen LogP contribution >= 0.6 is 0 Å². The number of aromatic nitrogens is 3. The first-order valence-electron chi connectivity index (χ1n) is 10.7. The van der Waals surface area contributed by atoms with Crippen LogP contribution in [0.4, 0.5) is 4.39 Å². The lowest BCUT2D eigenvalue weighted by Gasteiger charge is -2.32. The minimum Gasteiger partial charge on any atom is -0.336 e. The second-order valence-corrected chi connectivity index (χ2v) is 8.38. The first-order chi connectivity index (χ1) is 15.1. The summed E-state index contributed by atoms with van der Waals surface area (Å²) < 4.78 is 14.1. The number of nitrogens with one attached hydrogen (secondary N) is 1. The van der Waals surface area contributed by atoms with E-state index in [9.17, 15) is 4.39 Å². The monoisotopic (exact) mass is 415 g/mol. The quantitative estimate of drug-likeness (QED) is 0.534. The topological polar surface area (TPSA) is 48.1 Å². The van der Waals surface area contributed by atoms with E-state index in [4.69, 9.17) is 0 Å². The van der Waals surface area contributed by atoms with Gasteiger partial charge in [-0.15, -0.1) is 0 Å². The molecule has 2 aromatic heterocycles. The normalized spacial score (nSPS) is 15.6. The Bertz CT molecular complexity index is 1210. The van der Waals surface area contributed by atoms with E-state index < -0.39 is 0 Å². The maximum atomic E-state index is 14.1. The highest BCUT2D eigenvalue weighted by Crippen LogP contribution is 2.29. The van der Waals surface area contributed by atoms with Gasteiger partial charge >= 0.3 is 0 Å². The lowest BCUT2D eigenvalue weighted by molar-refractivity contribution is 0.148. The van der Waals surface area contributed by atoms with Crippen molar-refractivity contribution in [2.45, 2.75) is 13.5 Å². The second-order valence-electron chi connectivity index (χ2n) is 8.38. The number of rotatable bonds is 4. The summed E-state index contributed by atoms with van der Waals surface area (Å²) in [6.07, 6.45) is 1.72. The first kappa shape index (κ1) is 19.8. The third kappa shape index (κ3) is 4.09. The Labute approximate surface area is 181 Å². The predicted octanol–water partition coefficient (Wildman–Crippen LogP) is 4.49. The third-order valence-electron chi connectivity index (χ3n) is 6.10. The molecule has 0 atom stereocenters. The van der Waals surface area contributed by atoms with E-state index in [2.05, 4.69) is 56.1 Å². The highest BCUT2D eigenvalue weighted by atomic mass is 19.1. The summed E-state index contributed by atoms with van der Waals surface area (Å²) in [5.41, 5.74) is 6.12. The molecule has 0 saturated carbocycles. The van der Waals surface area contributed by atoms with Gasteiger partial charge in [0.05, 0.1) is 5.52 Å². The largest absolute Gasteiger partial charge is 0.336 e. The molecule has 0 spiro atoms. The molecule has 6 heteroatoms. The van der Waals surface area contributed by atoms with Crippen LogP contribution in [0, 0.1) is 12.7 Å². The Morgan fingerprint density at radius 1 is 0.968 bits per heavy atom. The summed E-state index contributed by atoms with van der Waals surface area (Å²) in [7, 11) is 2.18. The molecular weight excluding hydrogens is 389 g/mol. The number of benzene rings is 2. The van der Waals surface area contributed by atoms with E-state index in [1.54, 1.807) is 25.3 Å². The SMILES string of the molecule is Cc1ccc(-c2ccnc3nc(-c4ccc(CN5CCN(C)CC5)cc4)[nH]c23)cc1F. The molecule has 0 unspecified atom stereocenters. The van der Waals surface area contributed by atoms with Crippen LogP contribution in [0.25, 0.3) is 33.7 Å². The fourth-order valence-electron chi connectivity index (χ4n) is 4.08. The average Bonchev–Trinajstić information content (AvgIpc) is 3.22. The number of piperazine rings is 1. The highest BCUT2D eigenvalue weighted by molar-refractivity contribution is 5.91. The fourth-order valence-corrected chi connectivity index (χ4v) is 4.08. The molecule has 0 aliphatic carbocycles. The van der Waals surface area contributed by atoms with Gasteiger partial charge in [-0.05, 0) is 42.8 Å². The molecule has 0 radical (unpaired) electrons. The number of likely N-dealkylation sites (N-methyl/N-ethyl adjacent to an activating group) is 1. The Kier molecular flexibility index (Phi) is 5.26. The lowest BCUT2D eigenvalue weighted by Crippen LogP contribution is -2.43. The van der Waals surface area contributed by atoms with Gasteiger partial charge in [-0.25, -0.2) is 14.4 Å². The number of nitrogens with zero attached hydrogens (tertiary/aromatic N) is 4. The van der Waals surface area contributed by atoms with Crippen LogP contribution in [0.2, 0.25) is 0 Å². The number of aryl methyl sites for hydroxylation is 1. The van der Waals surface area contributed by atoms with E-state index in [1.165, 1.54) is 5.56 Å². The molecule has 31 heavy (non-hydrogen) atoms. The van der Waals surface area contributed by atoms with E-state index in [-0.39, 0.29) is 5.82 Å². The summed E-state index contributed by atoms with van der Waals surface area (Å²) in [5.74, 6) is 0.562. The van der Waals surface area contributed by atoms with Gasteiger partial charge in [-0.1, -0.05) is 36.4 Å². The van der Waals surface area contributed by atoms with Crippen LogP contribution in [0.1, 0.15) is 11.1 Å². The molecule has 1 aliphatic heterocycles. The van der Waals surface area contributed by atoms with Crippen LogP contribution < -0.4 is 0 Å². The number of imidazole rings is 1. The average molecular weight is 416 g/mol. The number of halogens is 1. The molecule has 1 fully saturated rings. The van der Waals surface area contributed by atoms with Crippen LogP contribution in [-0.4, -0.2) is 58.0 Å². The molecule has 4 aromatic rings. The zero-order chi connectivity index (χ0) is 21.4. The number of H-pyrrole nitrogens is 1. The van der Waals surface area contributed by atoms with Crippen molar-refractivity contribution in [3.63, 3.8) is 0 Å². The summed E-state index contributed by atoms with van der Waals surface area (Å²) in [4.78, 5) is 17.4.